The molecule has 0 saturated carbocycles. The van der Waals surface area contributed by atoms with Crippen molar-refractivity contribution in [2.75, 3.05) is 5.32 Å². The van der Waals surface area contributed by atoms with E-state index in [-0.39, 0.29) is 0 Å². The second kappa shape index (κ2) is 3.91. The van der Waals surface area contributed by atoms with Gasteiger partial charge in [-0.1, -0.05) is 0 Å². The van der Waals surface area contributed by atoms with Gasteiger partial charge in [0.1, 0.15) is 5.75 Å². The van der Waals surface area contributed by atoms with Crippen molar-refractivity contribution in [3.8, 4) is 5.75 Å². The van der Waals surface area contributed by atoms with Crippen LogP contribution in [0.1, 0.15) is 30.5 Å². The standard InChI is InChI=1S/C12H19NO/c1-7(2)13-11-6-8(3)12(14)10(5)9(11)4/h6-7,13-14H,1-5H3. The number of hydrogen-bond donors (Lipinski definition) is 2. The Kier molecular flexibility index (Phi) is 3.04. The normalized spacial score (nSPS) is 10.7. The highest BCUT2D eigenvalue weighted by Crippen LogP contribution is 2.30. The predicted molar refractivity (Wildman–Crippen MR) is 61.1 cm³/mol. The maximum absolute atomic E-state index is 9.72. The smallest absolute Gasteiger partial charge is 0.121 e. The fraction of sp³-hybridized carbons (Fsp3) is 0.500. The van der Waals surface area contributed by atoms with Crippen molar-refractivity contribution in [3.05, 3.63) is 22.8 Å². The van der Waals surface area contributed by atoms with Gasteiger partial charge in [0.25, 0.3) is 0 Å². The van der Waals surface area contributed by atoms with E-state index in [1.165, 1.54) is 0 Å². The summed E-state index contributed by atoms with van der Waals surface area (Å²) < 4.78 is 0. The molecule has 0 unspecified atom stereocenters. The van der Waals surface area contributed by atoms with Crippen molar-refractivity contribution >= 4 is 5.69 Å². The van der Waals surface area contributed by atoms with Crippen LogP contribution in [0.2, 0.25) is 0 Å². The number of aromatic hydroxyl groups is 1. The fourth-order valence-corrected chi connectivity index (χ4v) is 1.53. The highest BCUT2D eigenvalue weighted by molar-refractivity contribution is 5.61. The van der Waals surface area contributed by atoms with Crippen LogP contribution in [-0.2, 0) is 0 Å². The lowest BCUT2D eigenvalue weighted by molar-refractivity contribution is 0.466. The van der Waals surface area contributed by atoms with Crippen LogP contribution in [-0.4, -0.2) is 11.1 Å². The van der Waals surface area contributed by atoms with Gasteiger partial charge < -0.3 is 10.4 Å². The van der Waals surface area contributed by atoms with Gasteiger partial charge in [-0.25, -0.2) is 0 Å². The summed E-state index contributed by atoms with van der Waals surface area (Å²) in [5.74, 6) is 0.414. The average Bonchev–Trinajstić information content (AvgIpc) is 2.10. The highest BCUT2D eigenvalue weighted by atomic mass is 16.3. The number of phenolic OH excluding ortho intramolecular Hbond substituents is 1. The molecule has 2 nitrogen and oxygen atoms in total. The van der Waals surface area contributed by atoms with Crippen molar-refractivity contribution in [3.63, 3.8) is 0 Å². The molecule has 2 heteroatoms. The Morgan fingerprint density at radius 1 is 1.14 bits per heavy atom. The van der Waals surface area contributed by atoms with Crippen molar-refractivity contribution in [1.82, 2.24) is 0 Å². The number of anilines is 1. The van der Waals surface area contributed by atoms with Crippen LogP contribution in [0.15, 0.2) is 6.07 Å². The SMILES string of the molecule is Cc1cc(NC(C)C)c(C)c(C)c1O. The Labute approximate surface area is 86.0 Å². The average molecular weight is 193 g/mol. The van der Waals surface area contributed by atoms with E-state index in [0.29, 0.717) is 11.8 Å². The summed E-state index contributed by atoms with van der Waals surface area (Å²) >= 11 is 0. The van der Waals surface area contributed by atoms with Crippen LogP contribution < -0.4 is 5.32 Å². The van der Waals surface area contributed by atoms with E-state index in [0.717, 1.165) is 22.4 Å². The topological polar surface area (TPSA) is 32.3 Å². The number of hydrogen-bond acceptors (Lipinski definition) is 2. The number of aryl methyl sites for hydroxylation is 1. The van der Waals surface area contributed by atoms with Gasteiger partial charge in [-0.2, -0.15) is 0 Å². The first-order valence-corrected chi connectivity index (χ1v) is 4.99. The van der Waals surface area contributed by atoms with Gasteiger partial charge >= 0.3 is 0 Å². The molecule has 0 atom stereocenters. The molecule has 0 aliphatic rings. The fourth-order valence-electron chi connectivity index (χ4n) is 1.53. The second-order valence-corrected chi connectivity index (χ2v) is 4.14. The Hall–Kier alpha value is -1.18. The minimum atomic E-state index is 0.414. The molecule has 0 heterocycles. The van der Waals surface area contributed by atoms with Crippen LogP contribution in [0, 0.1) is 20.8 Å². The summed E-state index contributed by atoms with van der Waals surface area (Å²) in [4.78, 5) is 0. The van der Waals surface area contributed by atoms with Gasteiger partial charge in [-0.05, 0) is 57.4 Å². The third kappa shape index (κ3) is 2.00. The van der Waals surface area contributed by atoms with Crippen LogP contribution in [0.4, 0.5) is 5.69 Å². The quantitative estimate of drug-likeness (QED) is 0.707. The van der Waals surface area contributed by atoms with Crippen molar-refractivity contribution in [2.45, 2.75) is 40.7 Å². The third-order valence-corrected chi connectivity index (χ3v) is 2.50. The van der Waals surface area contributed by atoms with E-state index in [9.17, 15) is 5.11 Å². The minimum absolute atomic E-state index is 0.414. The lowest BCUT2D eigenvalue weighted by Gasteiger charge is -2.16. The molecule has 0 bridgehead atoms. The first-order chi connectivity index (χ1) is 6.43. The molecule has 0 spiro atoms. The van der Waals surface area contributed by atoms with E-state index < -0.39 is 0 Å². The van der Waals surface area contributed by atoms with E-state index in [2.05, 4.69) is 19.2 Å². The summed E-state index contributed by atoms with van der Waals surface area (Å²) in [6.45, 7) is 10.1. The van der Waals surface area contributed by atoms with Crippen LogP contribution in [0.5, 0.6) is 5.75 Å². The zero-order chi connectivity index (χ0) is 10.9. The molecule has 0 aliphatic heterocycles. The van der Waals surface area contributed by atoms with Gasteiger partial charge in [0, 0.05) is 11.7 Å². The number of benzene rings is 1. The zero-order valence-corrected chi connectivity index (χ0v) is 9.60. The van der Waals surface area contributed by atoms with Gasteiger partial charge in [-0.3, -0.25) is 0 Å². The Bertz CT molecular complexity index is 343. The molecule has 78 valence electrons. The molecule has 0 aromatic heterocycles. The first kappa shape index (κ1) is 10.9. The molecule has 0 amide bonds. The van der Waals surface area contributed by atoms with Gasteiger partial charge in [0.05, 0.1) is 0 Å². The van der Waals surface area contributed by atoms with E-state index in [4.69, 9.17) is 0 Å². The summed E-state index contributed by atoms with van der Waals surface area (Å²) in [5, 5.41) is 13.1. The van der Waals surface area contributed by atoms with E-state index in [1.807, 2.05) is 26.8 Å². The Balaban J connectivity index is 3.19. The summed E-state index contributed by atoms with van der Waals surface area (Å²) in [6.07, 6.45) is 0. The number of phenols is 1. The van der Waals surface area contributed by atoms with Crippen LogP contribution >= 0.6 is 0 Å². The lowest BCUT2D eigenvalue weighted by Crippen LogP contribution is -2.11. The maximum atomic E-state index is 9.72. The monoisotopic (exact) mass is 193 g/mol. The van der Waals surface area contributed by atoms with Gasteiger partial charge in [0.2, 0.25) is 0 Å². The molecule has 0 radical (unpaired) electrons. The van der Waals surface area contributed by atoms with Crippen LogP contribution in [0.3, 0.4) is 0 Å². The zero-order valence-electron chi connectivity index (χ0n) is 9.60. The molecule has 0 aliphatic carbocycles. The maximum Gasteiger partial charge on any atom is 0.121 e. The van der Waals surface area contributed by atoms with E-state index >= 15 is 0 Å². The summed E-state index contributed by atoms with van der Waals surface area (Å²) in [6, 6.07) is 2.41. The van der Waals surface area contributed by atoms with E-state index in [1.54, 1.807) is 0 Å². The number of nitrogens with one attached hydrogen (secondary N) is 1. The second-order valence-electron chi connectivity index (χ2n) is 4.14. The first-order valence-electron chi connectivity index (χ1n) is 4.99. The summed E-state index contributed by atoms with van der Waals surface area (Å²) in [7, 11) is 0. The molecule has 1 rings (SSSR count). The molecule has 2 N–H and O–H groups in total. The molecule has 0 saturated heterocycles. The largest absolute Gasteiger partial charge is 0.507 e. The van der Waals surface area contributed by atoms with Crippen molar-refractivity contribution < 1.29 is 5.11 Å². The minimum Gasteiger partial charge on any atom is -0.507 e. The molecule has 14 heavy (non-hydrogen) atoms. The Morgan fingerprint density at radius 3 is 2.21 bits per heavy atom. The predicted octanol–water partition coefficient (Wildman–Crippen LogP) is 3.14. The van der Waals surface area contributed by atoms with Crippen molar-refractivity contribution in [2.24, 2.45) is 0 Å². The summed E-state index contributed by atoms with van der Waals surface area (Å²) in [5.41, 5.74) is 4.14. The Morgan fingerprint density at radius 2 is 1.71 bits per heavy atom. The van der Waals surface area contributed by atoms with Crippen molar-refractivity contribution in [1.29, 1.82) is 0 Å². The molecule has 1 aromatic carbocycles. The van der Waals surface area contributed by atoms with Gasteiger partial charge in [-0.15, -0.1) is 0 Å². The molecular formula is C12H19NO. The highest BCUT2D eigenvalue weighted by Gasteiger charge is 2.09. The van der Waals surface area contributed by atoms with Crippen LogP contribution in [0.25, 0.3) is 0 Å². The number of rotatable bonds is 2. The molecule has 1 aromatic rings. The third-order valence-electron chi connectivity index (χ3n) is 2.50. The lowest BCUT2D eigenvalue weighted by atomic mass is 10.0. The van der Waals surface area contributed by atoms with Gasteiger partial charge in [0.15, 0.2) is 0 Å². The molecule has 0 fully saturated rings. The molecular weight excluding hydrogens is 174 g/mol.